The van der Waals surface area contributed by atoms with Gasteiger partial charge in [0.15, 0.2) is 0 Å². The van der Waals surface area contributed by atoms with E-state index in [0.29, 0.717) is 11.0 Å². The number of fused-ring (bicyclic) bond motifs is 3. The standard InChI is InChI=1S/C15H21N3O3S2/c1-7-11(4-9-5-12-10-6-13(10)18(9)12)17-15(22-7)14(21-3)8(2)23(16,19)20/h8-9,12,14H,4-6H2,1-3H3,(H2,16,19,20)/t8-,9?,12?,14-/m0/s1. The molecule has 2 N–H and O–H groups in total. The smallest absolute Gasteiger partial charge is 0.214 e. The molecule has 1 aromatic heterocycles. The topological polar surface area (TPSA) is 85.5 Å². The molecule has 0 saturated carbocycles. The Hall–Kier alpha value is -0.960. The summed E-state index contributed by atoms with van der Waals surface area (Å²) < 4.78 is 28.6. The second-order valence-electron chi connectivity index (χ2n) is 6.67. The van der Waals surface area contributed by atoms with Gasteiger partial charge in [-0.15, -0.1) is 11.3 Å². The molecule has 23 heavy (non-hydrogen) atoms. The number of thiazole rings is 1. The summed E-state index contributed by atoms with van der Waals surface area (Å²) in [4.78, 5) is 8.35. The molecule has 126 valence electrons. The van der Waals surface area contributed by atoms with E-state index in [1.807, 2.05) is 6.92 Å². The second kappa shape index (κ2) is 5.02. The second-order valence-corrected chi connectivity index (χ2v) is 9.83. The predicted octanol–water partition coefficient (Wildman–Crippen LogP) is 1.47. The van der Waals surface area contributed by atoms with Crippen molar-refractivity contribution in [3.8, 4) is 0 Å². The highest BCUT2D eigenvalue weighted by molar-refractivity contribution is 7.89. The van der Waals surface area contributed by atoms with Gasteiger partial charge in [-0.2, -0.15) is 0 Å². The molecule has 8 heteroatoms. The molecule has 0 radical (unpaired) electrons. The largest absolute Gasteiger partial charge is 0.373 e. The van der Waals surface area contributed by atoms with Gasteiger partial charge in [-0.05, 0) is 25.8 Å². The molecule has 0 amide bonds. The number of primary sulfonamides is 1. The van der Waals surface area contributed by atoms with Gasteiger partial charge in [-0.3, -0.25) is 0 Å². The maximum atomic E-state index is 11.6. The average molecular weight is 355 g/mol. The lowest BCUT2D eigenvalue weighted by atomic mass is 9.85. The summed E-state index contributed by atoms with van der Waals surface area (Å²) in [7, 11) is -2.16. The van der Waals surface area contributed by atoms with Crippen LogP contribution in [0.25, 0.3) is 0 Å². The fourth-order valence-electron chi connectivity index (χ4n) is 3.79. The highest BCUT2D eigenvalue weighted by atomic mass is 32.2. The van der Waals surface area contributed by atoms with Crippen molar-refractivity contribution >= 4 is 21.4 Å². The molecule has 0 spiro atoms. The zero-order valence-corrected chi connectivity index (χ0v) is 15.1. The number of hydrogen-bond acceptors (Lipinski definition) is 6. The molecule has 4 atom stereocenters. The third-order valence-corrected chi connectivity index (χ3v) is 7.68. The molecule has 1 saturated heterocycles. The fraction of sp³-hybridized carbons (Fsp3) is 0.667. The van der Waals surface area contributed by atoms with Gasteiger partial charge in [0, 0.05) is 36.6 Å². The van der Waals surface area contributed by atoms with E-state index in [-0.39, 0.29) is 0 Å². The fourth-order valence-corrected chi connectivity index (χ4v) is 5.59. The third kappa shape index (κ3) is 2.34. The Balaban J connectivity index is 1.51. The number of sulfonamides is 1. The highest BCUT2D eigenvalue weighted by Crippen LogP contribution is 2.59. The van der Waals surface area contributed by atoms with Crippen LogP contribution in [0.2, 0.25) is 0 Å². The van der Waals surface area contributed by atoms with Gasteiger partial charge >= 0.3 is 0 Å². The first-order chi connectivity index (χ1) is 10.8. The lowest BCUT2D eigenvalue weighted by Gasteiger charge is -2.52. The van der Waals surface area contributed by atoms with E-state index < -0.39 is 21.4 Å². The minimum atomic E-state index is -3.66. The van der Waals surface area contributed by atoms with Gasteiger partial charge < -0.3 is 9.64 Å². The zero-order chi connectivity index (χ0) is 16.5. The van der Waals surface area contributed by atoms with Crippen LogP contribution in [-0.4, -0.2) is 42.7 Å². The van der Waals surface area contributed by atoms with Crippen molar-refractivity contribution in [1.29, 1.82) is 0 Å². The molecular weight excluding hydrogens is 334 g/mol. The summed E-state index contributed by atoms with van der Waals surface area (Å²) in [5.41, 5.74) is 4.28. The van der Waals surface area contributed by atoms with E-state index in [0.717, 1.165) is 23.0 Å². The van der Waals surface area contributed by atoms with Crippen molar-refractivity contribution in [2.75, 3.05) is 7.11 Å². The van der Waals surface area contributed by atoms with Crippen molar-refractivity contribution < 1.29 is 13.2 Å². The normalized spacial score (nSPS) is 27.7. The highest BCUT2D eigenvalue weighted by Gasteiger charge is 2.57. The van der Waals surface area contributed by atoms with Gasteiger partial charge in [-0.25, -0.2) is 18.5 Å². The maximum absolute atomic E-state index is 11.6. The summed E-state index contributed by atoms with van der Waals surface area (Å²) in [5.74, 6) is 0. The quantitative estimate of drug-likeness (QED) is 0.835. The number of nitrogens with zero attached hydrogens (tertiary/aromatic N) is 2. The van der Waals surface area contributed by atoms with E-state index in [4.69, 9.17) is 14.9 Å². The molecule has 4 rings (SSSR count). The van der Waals surface area contributed by atoms with Crippen LogP contribution in [0.1, 0.15) is 41.4 Å². The Kier molecular flexibility index (Phi) is 3.39. The van der Waals surface area contributed by atoms with Crippen LogP contribution in [-0.2, 0) is 21.2 Å². The summed E-state index contributed by atoms with van der Waals surface area (Å²) in [6.07, 6.45) is 2.76. The number of aromatic nitrogens is 1. The first kappa shape index (κ1) is 15.6. The van der Waals surface area contributed by atoms with Crippen LogP contribution in [0.3, 0.4) is 0 Å². The van der Waals surface area contributed by atoms with Crippen LogP contribution < -0.4 is 5.14 Å². The number of aryl methyl sites for hydroxylation is 1. The number of hydrogen-bond donors (Lipinski definition) is 1. The molecule has 2 unspecified atom stereocenters. The molecule has 1 fully saturated rings. The van der Waals surface area contributed by atoms with Gasteiger partial charge in [0.05, 0.1) is 11.7 Å². The van der Waals surface area contributed by atoms with Crippen LogP contribution in [0.15, 0.2) is 11.3 Å². The molecule has 3 heterocycles. The molecule has 1 aromatic rings. The monoisotopic (exact) mass is 355 g/mol. The third-order valence-electron chi connectivity index (χ3n) is 5.32. The summed E-state index contributed by atoms with van der Waals surface area (Å²) >= 11 is 1.51. The number of methoxy groups -OCH3 is 1. The number of rotatable bonds is 6. The summed E-state index contributed by atoms with van der Waals surface area (Å²) in [6, 6.07) is 1.29. The summed E-state index contributed by atoms with van der Waals surface area (Å²) in [5, 5.41) is 5.16. The maximum Gasteiger partial charge on any atom is 0.214 e. The van der Waals surface area contributed by atoms with Crippen molar-refractivity contribution in [3.63, 3.8) is 0 Å². The van der Waals surface area contributed by atoms with Gasteiger partial charge in [0.2, 0.25) is 10.0 Å². The van der Waals surface area contributed by atoms with Crippen LogP contribution >= 0.6 is 11.3 Å². The lowest BCUT2D eigenvalue weighted by molar-refractivity contribution is 0.0678. The minimum Gasteiger partial charge on any atom is -0.373 e. The first-order valence-corrected chi connectivity index (χ1v) is 10.2. The zero-order valence-electron chi connectivity index (χ0n) is 13.4. The van der Waals surface area contributed by atoms with E-state index in [1.54, 1.807) is 18.2 Å². The van der Waals surface area contributed by atoms with Gasteiger partial charge in [0.25, 0.3) is 0 Å². The number of allylic oxidation sites excluding steroid dienone is 1. The van der Waals surface area contributed by atoms with Crippen molar-refractivity contribution in [2.24, 2.45) is 5.14 Å². The molecular formula is C15H21N3O3S2. The number of nitrogens with two attached hydrogens (primary N) is 1. The predicted molar refractivity (Wildman–Crippen MR) is 88.5 cm³/mol. The summed E-state index contributed by atoms with van der Waals surface area (Å²) in [6.45, 7) is 3.61. The Morgan fingerprint density at radius 2 is 2.26 bits per heavy atom. The molecule has 3 aliphatic rings. The van der Waals surface area contributed by atoms with E-state index in [2.05, 4.69) is 4.90 Å². The lowest BCUT2D eigenvalue weighted by Crippen LogP contribution is -2.57. The Morgan fingerprint density at radius 3 is 2.87 bits per heavy atom. The van der Waals surface area contributed by atoms with E-state index in [1.165, 1.54) is 31.3 Å². The van der Waals surface area contributed by atoms with Crippen molar-refractivity contribution in [3.05, 3.63) is 26.8 Å². The molecule has 0 bridgehead atoms. The Labute approximate surface area is 140 Å². The van der Waals surface area contributed by atoms with Crippen LogP contribution in [0.5, 0.6) is 0 Å². The molecule has 2 aliphatic heterocycles. The van der Waals surface area contributed by atoms with E-state index in [9.17, 15) is 8.42 Å². The number of ether oxygens (including phenoxy) is 1. The van der Waals surface area contributed by atoms with Gasteiger partial charge in [0.1, 0.15) is 16.4 Å². The van der Waals surface area contributed by atoms with Gasteiger partial charge in [-0.1, -0.05) is 0 Å². The molecule has 6 nitrogen and oxygen atoms in total. The Bertz CT molecular complexity index is 799. The van der Waals surface area contributed by atoms with Crippen molar-refractivity contribution in [1.82, 2.24) is 9.88 Å². The molecule has 1 aliphatic carbocycles. The van der Waals surface area contributed by atoms with Crippen molar-refractivity contribution in [2.45, 2.75) is 56.5 Å². The molecule has 0 aromatic carbocycles. The van der Waals surface area contributed by atoms with E-state index >= 15 is 0 Å². The SMILES string of the molecule is CO[C@H](c1nc(CC2CC3C4=C(C4)N23)c(C)s1)[C@H](C)S(N)(=O)=O. The first-order valence-electron chi connectivity index (χ1n) is 7.82. The van der Waals surface area contributed by atoms with Crippen LogP contribution in [0, 0.1) is 6.92 Å². The van der Waals surface area contributed by atoms with Crippen LogP contribution in [0.4, 0.5) is 0 Å². The Morgan fingerprint density at radius 1 is 1.52 bits per heavy atom. The minimum absolute atomic E-state index is 0.562. The average Bonchev–Trinajstić information content (AvgIpc) is 3.01.